The number of halogens is 1. The van der Waals surface area contributed by atoms with Gasteiger partial charge in [0, 0.05) is 16.9 Å². The van der Waals surface area contributed by atoms with Crippen molar-refractivity contribution in [3.8, 4) is 6.07 Å². The first-order valence-corrected chi connectivity index (χ1v) is 8.82. The quantitative estimate of drug-likeness (QED) is 0.482. The Balaban J connectivity index is 2.84. The third kappa shape index (κ3) is 5.80. The van der Waals surface area contributed by atoms with Crippen LogP contribution in [0.15, 0.2) is 30.0 Å². The Morgan fingerprint density at radius 3 is 2.79 bits per heavy atom. The molecule has 1 unspecified atom stereocenters. The van der Waals surface area contributed by atoms with E-state index in [1.807, 2.05) is 6.26 Å². The molecule has 0 heterocycles. The van der Waals surface area contributed by atoms with E-state index in [1.54, 1.807) is 31.2 Å². The first-order valence-electron chi connectivity index (χ1n) is 7.05. The van der Waals surface area contributed by atoms with Crippen LogP contribution in [0.3, 0.4) is 0 Å². The summed E-state index contributed by atoms with van der Waals surface area (Å²) in [6.45, 7) is 1.74. The maximum absolute atomic E-state index is 12.2. The molecule has 0 aliphatic carbocycles. The number of hydrogen-bond donors (Lipinski definition) is 3. The van der Waals surface area contributed by atoms with E-state index in [9.17, 15) is 9.59 Å². The fourth-order valence-electron chi connectivity index (χ4n) is 1.78. The first kappa shape index (κ1) is 19.9. The molecule has 1 rings (SSSR count). The molecule has 128 valence electrons. The number of carbonyl (C=O) groups excluding carboxylic acids is 1. The predicted molar refractivity (Wildman–Crippen MR) is 96.1 cm³/mol. The molecule has 0 radical (unpaired) electrons. The lowest BCUT2D eigenvalue weighted by Gasteiger charge is -2.13. The summed E-state index contributed by atoms with van der Waals surface area (Å²) < 4.78 is 0. The summed E-state index contributed by atoms with van der Waals surface area (Å²) in [6, 6.07) is 5.94. The van der Waals surface area contributed by atoms with Crippen molar-refractivity contribution >= 4 is 40.9 Å². The fraction of sp³-hybridized carbons (Fsp3) is 0.312. The lowest BCUT2D eigenvalue weighted by Crippen LogP contribution is -2.34. The van der Waals surface area contributed by atoms with Crippen molar-refractivity contribution in [2.45, 2.75) is 19.4 Å². The third-order valence-corrected chi connectivity index (χ3v) is 4.27. The molecule has 0 spiro atoms. The Bertz CT molecular complexity index is 686. The van der Waals surface area contributed by atoms with Crippen LogP contribution >= 0.6 is 23.4 Å². The van der Waals surface area contributed by atoms with Gasteiger partial charge in [-0.15, -0.1) is 0 Å². The predicted octanol–water partition coefficient (Wildman–Crippen LogP) is 2.79. The molecule has 3 N–H and O–H groups in total. The second-order valence-electron chi connectivity index (χ2n) is 4.88. The number of hydrogen-bond acceptors (Lipinski definition) is 5. The van der Waals surface area contributed by atoms with Crippen molar-refractivity contribution < 1.29 is 14.7 Å². The summed E-state index contributed by atoms with van der Waals surface area (Å²) in [5.41, 5.74) is 0.955. The summed E-state index contributed by atoms with van der Waals surface area (Å²) in [4.78, 5) is 23.3. The minimum absolute atomic E-state index is 0.218. The van der Waals surface area contributed by atoms with Gasteiger partial charge in [-0.25, -0.2) is 4.79 Å². The Hall–Kier alpha value is -2.17. The number of nitrogens with zero attached hydrogens (tertiary/aromatic N) is 1. The molecular formula is C16H18ClN3O3S. The molecular weight excluding hydrogens is 350 g/mol. The van der Waals surface area contributed by atoms with Crippen molar-refractivity contribution in [1.29, 1.82) is 5.26 Å². The van der Waals surface area contributed by atoms with Crippen molar-refractivity contribution in [2.24, 2.45) is 0 Å². The highest BCUT2D eigenvalue weighted by molar-refractivity contribution is 7.98. The van der Waals surface area contributed by atoms with Crippen LogP contribution in [0.5, 0.6) is 0 Å². The summed E-state index contributed by atoms with van der Waals surface area (Å²) in [5, 5.41) is 24.0. The molecule has 1 aromatic carbocycles. The molecule has 0 saturated heterocycles. The van der Waals surface area contributed by atoms with Gasteiger partial charge in [-0.2, -0.15) is 17.0 Å². The van der Waals surface area contributed by atoms with Crippen LogP contribution < -0.4 is 10.6 Å². The topological polar surface area (TPSA) is 102 Å². The Labute approximate surface area is 149 Å². The maximum Gasteiger partial charge on any atom is 0.326 e. The minimum Gasteiger partial charge on any atom is -0.480 e. The van der Waals surface area contributed by atoms with Crippen LogP contribution in [0.2, 0.25) is 5.02 Å². The number of benzene rings is 1. The molecule has 0 aliphatic heterocycles. The van der Waals surface area contributed by atoms with E-state index in [0.29, 0.717) is 28.4 Å². The third-order valence-electron chi connectivity index (χ3n) is 3.22. The number of carboxylic acids is 1. The lowest BCUT2D eigenvalue weighted by molar-refractivity contribution is -0.139. The summed E-state index contributed by atoms with van der Waals surface area (Å²) in [7, 11) is 0. The Morgan fingerprint density at radius 2 is 2.21 bits per heavy atom. The van der Waals surface area contributed by atoms with E-state index in [2.05, 4.69) is 10.6 Å². The standard InChI is InChI=1S/C16H18ClN3O3S/c1-10-12(17)4-3-5-13(10)20-15(21)11(8-18)9-19-14(16(22)23)6-7-24-2/h3-5,9,14,19H,6-7H2,1-2H3,(H,20,21)(H,22,23)/b11-9-. The molecule has 0 aliphatic rings. The first-order chi connectivity index (χ1) is 11.4. The smallest absolute Gasteiger partial charge is 0.326 e. The van der Waals surface area contributed by atoms with Gasteiger partial charge in [0.2, 0.25) is 0 Å². The van der Waals surface area contributed by atoms with E-state index in [4.69, 9.17) is 22.0 Å². The molecule has 1 amide bonds. The number of aliphatic carboxylic acids is 1. The van der Waals surface area contributed by atoms with E-state index >= 15 is 0 Å². The monoisotopic (exact) mass is 367 g/mol. The number of thioether (sulfide) groups is 1. The number of anilines is 1. The van der Waals surface area contributed by atoms with Crippen molar-refractivity contribution in [3.63, 3.8) is 0 Å². The molecule has 0 fully saturated rings. The zero-order chi connectivity index (χ0) is 18.1. The minimum atomic E-state index is -1.04. The highest BCUT2D eigenvalue weighted by Crippen LogP contribution is 2.23. The van der Waals surface area contributed by atoms with Crippen molar-refractivity contribution in [1.82, 2.24) is 5.32 Å². The van der Waals surface area contributed by atoms with Gasteiger partial charge in [-0.3, -0.25) is 4.79 Å². The van der Waals surface area contributed by atoms with Gasteiger partial charge in [0.1, 0.15) is 17.7 Å². The molecule has 0 aromatic heterocycles. The largest absolute Gasteiger partial charge is 0.480 e. The Morgan fingerprint density at radius 1 is 1.50 bits per heavy atom. The van der Waals surface area contributed by atoms with Crippen LogP contribution in [-0.2, 0) is 9.59 Å². The van der Waals surface area contributed by atoms with Crippen LogP contribution in [0, 0.1) is 18.3 Å². The zero-order valence-corrected chi connectivity index (χ0v) is 14.9. The second kappa shape index (κ2) is 9.85. The fourth-order valence-corrected chi connectivity index (χ4v) is 2.42. The SMILES string of the molecule is CSCCC(N/C=C(/C#N)C(=O)Nc1cccc(Cl)c1C)C(=O)O. The number of nitriles is 1. The zero-order valence-electron chi connectivity index (χ0n) is 13.3. The molecule has 0 bridgehead atoms. The highest BCUT2D eigenvalue weighted by Gasteiger charge is 2.17. The highest BCUT2D eigenvalue weighted by atomic mass is 35.5. The van der Waals surface area contributed by atoms with Gasteiger partial charge in [0.25, 0.3) is 5.91 Å². The van der Waals surface area contributed by atoms with Crippen LogP contribution in [-0.4, -0.2) is 35.0 Å². The van der Waals surface area contributed by atoms with Crippen molar-refractivity contribution in [3.05, 3.63) is 40.6 Å². The van der Waals surface area contributed by atoms with E-state index in [0.717, 1.165) is 6.20 Å². The van der Waals surface area contributed by atoms with Gasteiger partial charge in [0.05, 0.1) is 0 Å². The second-order valence-corrected chi connectivity index (χ2v) is 6.27. The van der Waals surface area contributed by atoms with Gasteiger partial charge in [0.15, 0.2) is 0 Å². The van der Waals surface area contributed by atoms with Gasteiger partial charge in [-0.1, -0.05) is 17.7 Å². The average Bonchev–Trinajstić information content (AvgIpc) is 2.54. The molecule has 1 aromatic rings. The number of amides is 1. The summed E-state index contributed by atoms with van der Waals surface area (Å²) >= 11 is 7.50. The Kier molecular flexibility index (Phi) is 8.16. The van der Waals surface area contributed by atoms with E-state index < -0.39 is 17.9 Å². The van der Waals surface area contributed by atoms with Crippen LogP contribution in [0.4, 0.5) is 5.69 Å². The van der Waals surface area contributed by atoms with Crippen molar-refractivity contribution in [2.75, 3.05) is 17.3 Å². The molecule has 0 saturated carbocycles. The van der Waals surface area contributed by atoms with Crippen LogP contribution in [0.1, 0.15) is 12.0 Å². The normalized spacial score (nSPS) is 12.2. The lowest BCUT2D eigenvalue weighted by atomic mass is 10.2. The van der Waals surface area contributed by atoms with Gasteiger partial charge >= 0.3 is 5.97 Å². The average molecular weight is 368 g/mol. The number of nitrogens with one attached hydrogen (secondary N) is 2. The molecule has 24 heavy (non-hydrogen) atoms. The van der Waals surface area contributed by atoms with Gasteiger partial charge < -0.3 is 15.7 Å². The molecule has 8 heteroatoms. The number of carboxylic acid groups (broad SMARTS) is 1. The molecule has 6 nitrogen and oxygen atoms in total. The van der Waals surface area contributed by atoms with E-state index in [1.165, 1.54) is 11.8 Å². The summed E-state index contributed by atoms with van der Waals surface area (Å²) in [6.07, 6.45) is 3.38. The number of rotatable bonds is 8. The van der Waals surface area contributed by atoms with Crippen LogP contribution in [0.25, 0.3) is 0 Å². The number of carbonyl (C=O) groups is 2. The summed E-state index contributed by atoms with van der Waals surface area (Å²) in [5.74, 6) is -1.03. The van der Waals surface area contributed by atoms with Gasteiger partial charge in [-0.05, 0) is 43.0 Å². The maximum atomic E-state index is 12.2. The van der Waals surface area contributed by atoms with E-state index in [-0.39, 0.29) is 5.57 Å². The molecule has 1 atom stereocenters.